The predicted molar refractivity (Wildman–Crippen MR) is 79.0 cm³/mol. The number of rotatable bonds is 3. The molecule has 0 aliphatic carbocycles. The quantitative estimate of drug-likeness (QED) is 0.809. The van der Waals surface area contributed by atoms with Gasteiger partial charge in [-0.1, -0.05) is 11.6 Å². The Kier molecular flexibility index (Phi) is 4.58. The van der Waals surface area contributed by atoms with Gasteiger partial charge in [0, 0.05) is 7.05 Å². The van der Waals surface area contributed by atoms with Crippen LogP contribution in [0.5, 0.6) is 0 Å². The molecule has 2 rings (SSSR count). The molecule has 0 saturated heterocycles. The van der Waals surface area contributed by atoms with Crippen molar-refractivity contribution in [3.05, 3.63) is 39.6 Å². The summed E-state index contributed by atoms with van der Waals surface area (Å²) < 4.78 is 38.6. The molecule has 2 N–H and O–H groups in total. The van der Waals surface area contributed by atoms with E-state index in [9.17, 15) is 13.2 Å². The van der Waals surface area contributed by atoms with Crippen molar-refractivity contribution in [1.29, 1.82) is 0 Å². The van der Waals surface area contributed by atoms with E-state index in [-0.39, 0.29) is 10.7 Å². The number of alkyl halides is 3. The van der Waals surface area contributed by atoms with E-state index in [4.69, 9.17) is 11.6 Å². The van der Waals surface area contributed by atoms with Crippen molar-refractivity contribution < 1.29 is 13.2 Å². The number of hydrogen-bond donors (Lipinski definition) is 2. The van der Waals surface area contributed by atoms with Crippen LogP contribution in [0.4, 0.5) is 30.5 Å². The highest BCUT2D eigenvalue weighted by molar-refractivity contribution is 9.10. The van der Waals surface area contributed by atoms with E-state index < -0.39 is 11.7 Å². The first-order valence-corrected chi connectivity index (χ1v) is 6.82. The number of benzene rings is 1. The van der Waals surface area contributed by atoms with Crippen LogP contribution in [0, 0.1) is 0 Å². The maximum absolute atomic E-state index is 12.7. The van der Waals surface area contributed by atoms with Crippen LogP contribution in [-0.4, -0.2) is 17.0 Å². The number of aromatic nitrogens is 2. The number of nitrogens with zero attached hydrogens (tertiary/aromatic N) is 2. The van der Waals surface area contributed by atoms with Crippen LogP contribution < -0.4 is 10.6 Å². The summed E-state index contributed by atoms with van der Waals surface area (Å²) in [6, 6.07) is 3.03. The highest BCUT2D eigenvalue weighted by Crippen LogP contribution is 2.36. The largest absolute Gasteiger partial charge is 0.416 e. The third-order valence-electron chi connectivity index (χ3n) is 2.57. The summed E-state index contributed by atoms with van der Waals surface area (Å²) in [6.45, 7) is 0. The van der Waals surface area contributed by atoms with Crippen LogP contribution in [0.25, 0.3) is 0 Å². The molecular formula is C12H9BrClF3N4. The predicted octanol–water partition coefficient (Wildman–Crippen LogP) is 4.70. The van der Waals surface area contributed by atoms with E-state index in [1.165, 1.54) is 12.4 Å². The van der Waals surface area contributed by atoms with Gasteiger partial charge >= 0.3 is 6.18 Å². The second kappa shape index (κ2) is 6.07. The lowest BCUT2D eigenvalue weighted by molar-refractivity contribution is -0.137. The van der Waals surface area contributed by atoms with E-state index in [0.717, 1.165) is 12.1 Å². The lowest BCUT2D eigenvalue weighted by Gasteiger charge is -2.13. The van der Waals surface area contributed by atoms with Crippen LogP contribution in [0.15, 0.2) is 29.0 Å². The first-order chi connectivity index (χ1) is 9.82. The molecule has 21 heavy (non-hydrogen) atoms. The molecule has 0 atom stereocenters. The Bertz CT molecular complexity index is 663. The molecule has 0 bridgehead atoms. The zero-order chi connectivity index (χ0) is 15.6. The van der Waals surface area contributed by atoms with E-state index in [1.807, 2.05) is 0 Å². The average Bonchev–Trinajstić information content (AvgIpc) is 2.42. The number of nitrogens with one attached hydrogen (secondary N) is 2. The van der Waals surface area contributed by atoms with Crippen molar-refractivity contribution in [2.45, 2.75) is 6.18 Å². The first kappa shape index (κ1) is 15.8. The highest BCUT2D eigenvalue weighted by Gasteiger charge is 2.31. The second-order valence-corrected chi connectivity index (χ2v) is 5.15. The van der Waals surface area contributed by atoms with Gasteiger partial charge in [0.2, 0.25) is 0 Å². The maximum Gasteiger partial charge on any atom is 0.416 e. The molecule has 0 fully saturated rings. The molecule has 0 spiro atoms. The Morgan fingerprint density at radius 2 is 1.86 bits per heavy atom. The van der Waals surface area contributed by atoms with Crippen molar-refractivity contribution >= 4 is 44.9 Å². The van der Waals surface area contributed by atoms with Gasteiger partial charge < -0.3 is 10.6 Å². The van der Waals surface area contributed by atoms with Gasteiger partial charge in [0.05, 0.1) is 16.3 Å². The van der Waals surface area contributed by atoms with E-state index >= 15 is 0 Å². The van der Waals surface area contributed by atoms with Crippen LogP contribution >= 0.6 is 27.5 Å². The molecule has 9 heteroatoms. The number of halogens is 5. The minimum absolute atomic E-state index is 0.105. The van der Waals surface area contributed by atoms with Gasteiger partial charge in [0.15, 0.2) is 0 Å². The first-order valence-electron chi connectivity index (χ1n) is 5.65. The fourth-order valence-corrected chi connectivity index (χ4v) is 2.22. The fraction of sp³-hybridized carbons (Fsp3) is 0.167. The van der Waals surface area contributed by atoms with Crippen molar-refractivity contribution in [2.24, 2.45) is 0 Å². The molecule has 1 aromatic carbocycles. The minimum Gasteiger partial charge on any atom is -0.372 e. The van der Waals surface area contributed by atoms with Crippen LogP contribution in [-0.2, 0) is 6.18 Å². The molecule has 0 unspecified atom stereocenters. The van der Waals surface area contributed by atoms with Gasteiger partial charge in [-0.3, -0.25) is 0 Å². The maximum atomic E-state index is 12.7. The highest BCUT2D eigenvalue weighted by atomic mass is 79.9. The minimum atomic E-state index is -4.44. The van der Waals surface area contributed by atoms with Gasteiger partial charge in [0.25, 0.3) is 0 Å². The monoisotopic (exact) mass is 380 g/mol. The molecular weight excluding hydrogens is 373 g/mol. The molecule has 1 heterocycles. The SMILES string of the molecule is CNc1ncnc(Nc2cc(C(F)(F)F)ccc2Cl)c1Br. The van der Waals surface area contributed by atoms with Gasteiger partial charge in [-0.05, 0) is 34.1 Å². The summed E-state index contributed by atoms with van der Waals surface area (Å²) in [5.41, 5.74) is -0.693. The molecule has 2 aromatic rings. The normalized spacial score (nSPS) is 11.3. The molecule has 4 nitrogen and oxygen atoms in total. The third-order valence-corrected chi connectivity index (χ3v) is 3.65. The Balaban J connectivity index is 2.40. The van der Waals surface area contributed by atoms with Crippen LogP contribution in [0.1, 0.15) is 5.56 Å². The summed E-state index contributed by atoms with van der Waals surface area (Å²) in [7, 11) is 1.66. The summed E-state index contributed by atoms with van der Waals surface area (Å²) in [6.07, 6.45) is -3.17. The smallest absolute Gasteiger partial charge is 0.372 e. The molecule has 0 aliphatic rings. The third kappa shape index (κ3) is 3.56. The Hall–Kier alpha value is -1.54. The van der Waals surface area contributed by atoms with Gasteiger partial charge in [-0.2, -0.15) is 13.2 Å². The summed E-state index contributed by atoms with van der Waals surface area (Å²) in [5.74, 6) is 0.797. The zero-order valence-electron chi connectivity index (χ0n) is 10.6. The van der Waals surface area contributed by atoms with E-state index in [1.54, 1.807) is 7.05 Å². The van der Waals surface area contributed by atoms with Crippen molar-refractivity contribution in [2.75, 3.05) is 17.7 Å². The molecule has 0 aliphatic heterocycles. The zero-order valence-corrected chi connectivity index (χ0v) is 12.9. The second-order valence-electron chi connectivity index (χ2n) is 3.95. The molecule has 0 saturated carbocycles. The number of hydrogen-bond acceptors (Lipinski definition) is 4. The van der Waals surface area contributed by atoms with Crippen LogP contribution in [0.3, 0.4) is 0 Å². The Morgan fingerprint density at radius 3 is 2.48 bits per heavy atom. The van der Waals surface area contributed by atoms with Crippen molar-refractivity contribution in [3.63, 3.8) is 0 Å². The summed E-state index contributed by atoms with van der Waals surface area (Å²) in [5, 5.41) is 5.73. The van der Waals surface area contributed by atoms with E-state index in [0.29, 0.717) is 16.1 Å². The Labute approximate surface area is 131 Å². The number of anilines is 3. The summed E-state index contributed by atoms with van der Waals surface area (Å²) >= 11 is 9.18. The average molecular weight is 382 g/mol. The standard InChI is InChI=1S/C12H9BrClF3N4/c1-18-10-9(13)11(20-5-19-10)21-8-4-6(12(15,16)17)2-3-7(8)14/h2-5H,1H3,(H2,18,19,20,21). The Morgan fingerprint density at radius 1 is 1.19 bits per heavy atom. The molecule has 0 radical (unpaired) electrons. The van der Waals surface area contributed by atoms with E-state index in [2.05, 4.69) is 36.5 Å². The molecule has 112 valence electrons. The topological polar surface area (TPSA) is 49.8 Å². The lowest BCUT2D eigenvalue weighted by Crippen LogP contribution is -2.06. The van der Waals surface area contributed by atoms with Gasteiger partial charge in [-0.15, -0.1) is 0 Å². The molecule has 0 amide bonds. The fourth-order valence-electron chi connectivity index (χ4n) is 1.56. The van der Waals surface area contributed by atoms with Gasteiger partial charge in [-0.25, -0.2) is 9.97 Å². The summed E-state index contributed by atoms with van der Waals surface area (Å²) in [4.78, 5) is 7.92. The van der Waals surface area contributed by atoms with Crippen LogP contribution in [0.2, 0.25) is 5.02 Å². The van der Waals surface area contributed by atoms with Gasteiger partial charge in [0.1, 0.15) is 22.4 Å². The van der Waals surface area contributed by atoms with Crippen molar-refractivity contribution in [1.82, 2.24) is 9.97 Å². The molecule has 1 aromatic heterocycles. The van der Waals surface area contributed by atoms with Crippen molar-refractivity contribution in [3.8, 4) is 0 Å². The lowest BCUT2D eigenvalue weighted by atomic mass is 10.2.